The highest BCUT2D eigenvalue weighted by molar-refractivity contribution is 7.98. The fourth-order valence-electron chi connectivity index (χ4n) is 2.42. The van der Waals surface area contributed by atoms with Gasteiger partial charge in [-0.1, -0.05) is 52.6 Å². The zero-order valence-electron chi connectivity index (χ0n) is 13.2. The highest BCUT2D eigenvalue weighted by Gasteiger charge is 2.11. The van der Waals surface area contributed by atoms with E-state index >= 15 is 0 Å². The van der Waals surface area contributed by atoms with Crippen LogP contribution in [0, 0.1) is 0 Å². The third-order valence-corrected chi connectivity index (χ3v) is 5.54. The van der Waals surface area contributed by atoms with Crippen molar-refractivity contribution in [3.8, 4) is 11.4 Å². The molecule has 2 aromatic carbocycles. The van der Waals surface area contributed by atoms with Gasteiger partial charge in [0.15, 0.2) is 11.5 Å². The SMILES string of the molecule is Clc1ccc(-c2nnc3ccc(SCc4ccc(Cl)cc4Cl)nn23)cc1. The number of thioether (sulfide) groups is 1. The maximum atomic E-state index is 6.24. The van der Waals surface area contributed by atoms with Crippen LogP contribution in [0.5, 0.6) is 0 Å². The molecule has 4 aromatic rings. The quantitative estimate of drug-likeness (QED) is 0.377. The number of halogens is 3. The molecule has 0 amide bonds. The molecule has 0 fully saturated rings. The molecule has 0 aliphatic heterocycles. The minimum absolute atomic E-state index is 0.625. The molecule has 0 aliphatic rings. The number of hydrogen-bond acceptors (Lipinski definition) is 4. The summed E-state index contributed by atoms with van der Waals surface area (Å²) >= 11 is 19.7. The zero-order chi connectivity index (χ0) is 18.1. The molecule has 26 heavy (non-hydrogen) atoms. The van der Waals surface area contributed by atoms with Gasteiger partial charge in [-0.2, -0.15) is 9.61 Å². The van der Waals surface area contributed by atoms with E-state index in [0.29, 0.717) is 32.3 Å². The molecule has 0 N–H and O–H groups in total. The largest absolute Gasteiger partial charge is 0.192 e. The van der Waals surface area contributed by atoms with Crippen molar-refractivity contribution >= 4 is 52.2 Å². The molecule has 4 nitrogen and oxygen atoms in total. The van der Waals surface area contributed by atoms with E-state index in [9.17, 15) is 0 Å². The van der Waals surface area contributed by atoms with Crippen molar-refractivity contribution in [3.05, 3.63) is 75.2 Å². The Kier molecular flexibility index (Phi) is 5.05. The highest BCUT2D eigenvalue weighted by Crippen LogP contribution is 2.28. The first-order chi connectivity index (χ1) is 12.6. The van der Waals surface area contributed by atoms with Crippen molar-refractivity contribution in [1.29, 1.82) is 0 Å². The van der Waals surface area contributed by atoms with E-state index in [1.165, 1.54) is 0 Å². The molecule has 2 aromatic heterocycles. The maximum Gasteiger partial charge on any atom is 0.185 e. The standard InChI is InChI=1S/C18H11Cl3N4S/c19-13-4-1-11(2-5-13)18-23-22-16-7-8-17(24-25(16)18)26-10-12-3-6-14(20)9-15(12)21/h1-9H,10H2. The van der Waals surface area contributed by atoms with Crippen LogP contribution in [0.1, 0.15) is 5.56 Å². The van der Waals surface area contributed by atoms with Gasteiger partial charge in [-0.05, 0) is 54.1 Å². The second kappa shape index (κ2) is 7.45. The molecule has 8 heteroatoms. The van der Waals surface area contributed by atoms with Gasteiger partial charge in [0.05, 0.1) is 0 Å². The smallest absolute Gasteiger partial charge is 0.185 e. The van der Waals surface area contributed by atoms with Crippen molar-refractivity contribution in [3.63, 3.8) is 0 Å². The molecule has 0 aliphatic carbocycles. The summed E-state index contributed by atoms with van der Waals surface area (Å²) in [5, 5.41) is 15.9. The van der Waals surface area contributed by atoms with Gasteiger partial charge in [0.1, 0.15) is 5.03 Å². The van der Waals surface area contributed by atoms with Crippen molar-refractivity contribution in [2.24, 2.45) is 0 Å². The molecule has 0 bridgehead atoms. The van der Waals surface area contributed by atoms with Gasteiger partial charge < -0.3 is 0 Å². The third kappa shape index (κ3) is 3.67. The summed E-state index contributed by atoms with van der Waals surface area (Å²) < 4.78 is 1.73. The van der Waals surface area contributed by atoms with Crippen LogP contribution in [0.4, 0.5) is 0 Å². The van der Waals surface area contributed by atoms with E-state index in [1.807, 2.05) is 48.5 Å². The summed E-state index contributed by atoms with van der Waals surface area (Å²) in [4.78, 5) is 0. The number of benzene rings is 2. The van der Waals surface area contributed by atoms with Gasteiger partial charge in [0.2, 0.25) is 0 Å². The molecule has 0 atom stereocenters. The van der Waals surface area contributed by atoms with Gasteiger partial charge in [0.25, 0.3) is 0 Å². The van der Waals surface area contributed by atoms with Crippen LogP contribution >= 0.6 is 46.6 Å². The van der Waals surface area contributed by atoms with E-state index < -0.39 is 0 Å². The molecule has 2 heterocycles. The average Bonchev–Trinajstić information content (AvgIpc) is 3.05. The molecule has 0 spiro atoms. The van der Waals surface area contributed by atoms with Crippen molar-refractivity contribution in [1.82, 2.24) is 19.8 Å². The predicted molar refractivity (Wildman–Crippen MR) is 107 cm³/mol. The first-order valence-electron chi connectivity index (χ1n) is 7.65. The van der Waals surface area contributed by atoms with Crippen LogP contribution in [-0.2, 0) is 5.75 Å². The summed E-state index contributed by atoms with van der Waals surface area (Å²) in [5.74, 6) is 1.36. The van der Waals surface area contributed by atoms with Crippen LogP contribution in [0.3, 0.4) is 0 Å². The van der Waals surface area contributed by atoms with Crippen molar-refractivity contribution in [2.75, 3.05) is 0 Å². The zero-order valence-corrected chi connectivity index (χ0v) is 16.3. The summed E-state index contributed by atoms with van der Waals surface area (Å²) in [7, 11) is 0. The number of rotatable bonds is 4. The average molecular weight is 422 g/mol. The van der Waals surface area contributed by atoms with Gasteiger partial charge in [-0.3, -0.25) is 0 Å². The Hall–Kier alpha value is -1.79. The molecule has 4 rings (SSSR count). The van der Waals surface area contributed by atoms with Gasteiger partial charge >= 0.3 is 0 Å². The maximum absolute atomic E-state index is 6.24. The van der Waals surface area contributed by atoms with Crippen LogP contribution in [0.2, 0.25) is 15.1 Å². The topological polar surface area (TPSA) is 43.1 Å². The number of fused-ring (bicyclic) bond motifs is 1. The fraction of sp³-hybridized carbons (Fsp3) is 0.0556. The molecular formula is C18H11Cl3N4S. The van der Waals surface area contributed by atoms with E-state index in [4.69, 9.17) is 34.8 Å². The van der Waals surface area contributed by atoms with Gasteiger partial charge in [0, 0.05) is 26.4 Å². The van der Waals surface area contributed by atoms with Crippen molar-refractivity contribution in [2.45, 2.75) is 10.8 Å². The normalized spacial score (nSPS) is 11.2. The Labute approximate surface area is 169 Å². The number of aromatic nitrogens is 4. The highest BCUT2D eigenvalue weighted by atomic mass is 35.5. The lowest BCUT2D eigenvalue weighted by molar-refractivity contribution is 0.860. The molecular weight excluding hydrogens is 411 g/mol. The molecule has 0 saturated carbocycles. The van der Waals surface area contributed by atoms with Crippen LogP contribution in [0.15, 0.2) is 59.6 Å². The summed E-state index contributed by atoms with van der Waals surface area (Å²) in [5.41, 5.74) is 2.59. The lowest BCUT2D eigenvalue weighted by Crippen LogP contribution is -1.96. The van der Waals surface area contributed by atoms with Crippen LogP contribution < -0.4 is 0 Å². The Morgan fingerprint density at radius 2 is 1.62 bits per heavy atom. The molecule has 0 radical (unpaired) electrons. The summed E-state index contributed by atoms with van der Waals surface area (Å²) in [6.07, 6.45) is 0. The summed E-state index contributed by atoms with van der Waals surface area (Å²) in [6.45, 7) is 0. The fourth-order valence-corrected chi connectivity index (χ4v) is 3.96. The van der Waals surface area contributed by atoms with Gasteiger partial charge in [-0.15, -0.1) is 10.2 Å². The minimum Gasteiger partial charge on any atom is -0.192 e. The number of nitrogens with zero attached hydrogens (tertiary/aromatic N) is 4. The second-order valence-corrected chi connectivity index (χ2v) is 7.77. The van der Waals surface area contributed by atoms with E-state index in [2.05, 4.69) is 15.3 Å². The summed E-state index contributed by atoms with van der Waals surface area (Å²) in [6, 6.07) is 16.7. The van der Waals surface area contributed by atoms with E-state index in [0.717, 1.165) is 16.2 Å². The lowest BCUT2D eigenvalue weighted by Gasteiger charge is -2.05. The number of hydrogen-bond donors (Lipinski definition) is 0. The Morgan fingerprint density at radius 1 is 0.846 bits per heavy atom. The van der Waals surface area contributed by atoms with Gasteiger partial charge in [-0.25, -0.2) is 0 Å². The minimum atomic E-state index is 0.625. The lowest BCUT2D eigenvalue weighted by atomic mass is 10.2. The molecule has 0 saturated heterocycles. The Balaban J connectivity index is 1.62. The van der Waals surface area contributed by atoms with Crippen molar-refractivity contribution < 1.29 is 0 Å². The molecule has 130 valence electrons. The van der Waals surface area contributed by atoms with Crippen LogP contribution in [0.25, 0.3) is 17.0 Å². The first kappa shape index (κ1) is 17.6. The first-order valence-corrected chi connectivity index (χ1v) is 9.77. The molecule has 0 unspecified atom stereocenters. The third-order valence-electron chi connectivity index (χ3n) is 3.73. The Bertz CT molecular complexity index is 1080. The van der Waals surface area contributed by atoms with E-state index in [1.54, 1.807) is 22.3 Å². The monoisotopic (exact) mass is 420 g/mol. The predicted octanol–water partition coefficient (Wildman–Crippen LogP) is 6.04. The van der Waals surface area contributed by atoms with Crippen LogP contribution in [-0.4, -0.2) is 19.8 Å². The van der Waals surface area contributed by atoms with E-state index in [-0.39, 0.29) is 0 Å². The second-order valence-electron chi connectivity index (χ2n) is 5.50. The Morgan fingerprint density at radius 3 is 2.38 bits per heavy atom.